The van der Waals surface area contributed by atoms with Crippen LogP contribution in [0.3, 0.4) is 0 Å². The van der Waals surface area contributed by atoms with Crippen molar-refractivity contribution in [2.45, 2.75) is 6.42 Å². The smallest absolute Gasteiger partial charge is 0.120 e. The van der Waals surface area contributed by atoms with Crippen LogP contribution in [0.25, 0.3) is 10.1 Å². The van der Waals surface area contributed by atoms with Crippen molar-refractivity contribution in [3.63, 3.8) is 0 Å². The molecule has 4 heteroatoms. The maximum atomic E-state index is 9.56. The van der Waals surface area contributed by atoms with Gasteiger partial charge in [-0.25, -0.2) is 0 Å². The number of thiophene rings is 1. The summed E-state index contributed by atoms with van der Waals surface area (Å²) >= 11 is 7.31. The second-order valence-corrected chi connectivity index (χ2v) is 4.58. The van der Waals surface area contributed by atoms with Crippen LogP contribution in [-0.4, -0.2) is 5.11 Å². The largest absolute Gasteiger partial charge is 0.508 e. The van der Waals surface area contributed by atoms with E-state index in [1.807, 2.05) is 12.1 Å². The highest BCUT2D eigenvalue weighted by molar-refractivity contribution is 7.22. The lowest BCUT2D eigenvalue weighted by Gasteiger charge is -2.00. The minimum Gasteiger partial charge on any atom is -0.508 e. The van der Waals surface area contributed by atoms with Gasteiger partial charge in [-0.05, 0) is 18.2 Å². The van der Waals surface area contributed by atoms with Gasteiger partial charge in [-0.15, -0.1) is 11.3 Å². The van der Waals surface area contributed by atoms with Gasteiger partial charge in [0.05, 0.1) is 16.8 Å². The molecule has 14 heavy (non-hydrogen) atoms. The molecule has 2 nitrogen and oxygen atoms in total. The van der Waals surface area contributed by atoms with Crippen LogP contribution in [-0.2, 0) is 6.42 Å². The monoisotopic (exact) mass is 223 g/mol. The van der Waals surface area contributed by atoms with Gasteiger partial charge in [0.15, 0.2) is 0 Å². The zero-order chi connectivity index (χ0) is 10.1. The summed E-state index contributed by atoms with van der Waals surface area (Å²) in [5, 5.41) is 19.1. The van der Waals surface area contributed by atoms with Crippen LogP contribution in [0.4, 0.5) is 0 Å². The zero-order valence-corrected chi connectivity index (χ0v) is 8.69. The molecule has 0 spiro atoms. The molecule has 0 saturated heterocycles. The number of hydrogen-bond acceptors (Lipinski definition) is 3. The molecule has 0 atom stereocenters. The quantitative estimate of drug-likeness (QED) is 0.806. The fourth-order valence-electron chi connectivity index (χ4n) is 1.39. The van der Waals surface area contributed by atoms with Crippen molar-refractivity contribution < 1.29 is 5.11 Å². The first-order chi connectivity index (χ1) is 6.72. The number of phenols is 1. The minimum absolute atomic E-state index is 0.161. The summed E-state index contributed by atoms with van der Waals surface area (Å²) in [5.74, 6) is 0.161. The summed E-state index contributed by atoms with van der Waals surface area (Å²) in [7, 11) is 0. The molecular formula is C10H6ClNOS. The average molecular weight is 224 g/mol. The molecule has 1 aromatic heterocycles. The lowest BCUT2D eigenvalue weighted by atomic mass is 10.1. The standard InChI is InChI=1S/C10H6ClNOS/c11-10-5-7-6(3-4-12)8(13)1-2-9(7)14-10/h1-2,5,13H,3H2. The van der Waals surface area contributed by atoms with E-state index in [-0.39, 0.29) is 12.2 Å². The molecular weight excluding hydrogens is 218 g/mol. The van der Waals surface area contributed by atoms with Crippen molar-refractivity contribution in [1.82, 2.24) is 0 Å². The molecule has 70 valence electrons. The summed E-state index contributed by atoms with van der Waals surface area (Å²) < 4.78 is 1.67. The van der Waals surface area contributed by atoms with Crippen LogP contribution in [0.1, 0.15) is 5.56 Å². The number of hydrogen-bond donors (Lipinski definition) is 1. The van der Waals surface area contributed by atoms with E-state index in [9.17, 15) is 5.11 Å². The fourth-order valence-corrected chi connectivity index (χ4v) is 2.57. The highest BCUT2D eigenvalue weighted by atomic mass is 35.5. The van der Waals surface area contributed by atoms with Gasteiger partial charge in [-0.1, -0.05) is 11.6 Å². The van der Waals surface area contributed by atoms with Crippen LogP contribution < -0.4 is 0 Å². The SMILES string of the molecule is N#CCc1c(O)ccc2sc(Cl)cc12. The van der Waals surface area contributed by atoms with Crippen LogP contribution in [0.2, 0.25) is 4.34 Å². The molecule has 1 aromatic carbocycles. The average Bonchev–Trinajstić information content (AvgIpc) is 2.51. The van der Waals surface area contributed by atoms with E-state index in [4.69, 9.17) is 16.9 Å². The highest BCUT2D eigenvalue weighted by Gasteiger charge is 2.09. The van der Waals surface area contributed by atoms with Gasteiger partial charge in [-0.3, -0.25) is 0 Å². The Balaban J connectivity index is 2.76. The Hall–Kier alpha value is -1.24. The van der Waals surface area contributed by atoms with Crippen molar-refractivity contribution in [3.8, 4) is 11.8 Å². The number of rotatable bonds is 1. The molecule has 0 aliphatic heterocycles. The molecule has 0 fully saturated rings. The highest BCUT2D eigenvalue weighted by Crippen LogP contribution is 2.35. The van der Waals surface area contributed by atoms with Gasteiger partial charge in [0, 0.05) is 15.6 Å². The van der Waals surface area contributed by atoms with E-state index in [0.717, 1.165) is 10.1 Å². The molecule has 0 aliphatic rings. The number of halogens is 1. The van der Waals surface area contributed by atoms with Crippen molar-refractivity contribution >= 4 is 33.0 Å². The Bertz CT molecular complexity index is 527. The third-order valence-electron chi connectivity index (χ3n) is 2.01. The molecule has 1 heterocycles. The number of benzene rings is 1. The van der Waals surface area contributed by atoms with E-state index in [1.165, 1.54) is 11.3 Å². The third-order valence-corrected chi connectivity index (χ3v) is 3.24. The van der Waals surface area contributed by atoms with Crippen molar-refractivity contribution in [3.05, 3.63) is 28.1 Å². The predicted octanol–water partition coefficient (Wildman–Crippen LogP) is 3.33. The van der Waals surface area contributed by atoms with E-state index in [1.54, 1.807) is 12.1 Å². The number of phenolic OH excluding ortho intramolecular Hbond substituents is 1. The molecule has 2 rings (SSSR count). The molecule has 0 aliphatic carbocycles. The lowest BCUT2D eigenvalue weighted by molar-refractivity contribution is 0.471. The Morgan fingerprint density at radius 3 is 3.00 bits per heavy atom. The maximum absolute atomic E-state index is 9.56. The first kappa shape index (κ1) is 9.32. The van der Waals surface area contributed by atoms with E-state index in [2.05, 4.69) is 0 Å². The van der Waals surface area contributed by atoms with Crippen LogP contribution in [0.15, 0.2) is 18.2 Å². The summed E-state index contributed by atoms with van der Waals surface area (Å²) in [6.45, 7) is 0. The van der Waals surface area contributed by atoms with Gasteiger partial charge in [0.1, 0.15) is 5.75 Å². The first-order valence-electron chi connectivity index (χ1n) is 3.99. The minimum atomic E-state index is 0.161. The Labute approximate surface area is 90.0 Å². The normalized spacial score (nSPS) is 10.3. The third kappa shape index (κ3) is 1.43. The van der Waals surface area contributed by atoms with Crippen LogP contribution >= 0.6 is 22.9 Å². The molecule has 0 amide bonds. The van der Waals surface area contributed by atoms with Crippen molar-refractivity contribution in [2.75, 3.05) is 0 Å². The van der Waals surface area contributed by atoms with Gasteiger partial charge in [-0.2, -0.15) is 5.26 Å². The van der Waals surface area contributed by atoms with Gasteiger partial charge in [0.25, 0.3) is 0 Å². The zero-order valence-electron chi connectivity index (χ0n) is 7.12. The Morgan fingerprint density at radius 1 is 1.50 bits per heavy atom. The summed E-state index contributed by atoms with van der Waals surface area (Å²) in [6, 6.07) is 7.22. The van der Waals surface area contributed by atoms with E-state index < -0.39 is 0 Å². The van der Waals surface area contributed by atoms with Gasteiger partial charge in [0.2, 0.25) is 0 Å². The van der Waals surface area contributed by atoms with E-state index in [0.29, 0.717) is 9.90 Å². The van der Waals surface area contributed by atoms with Gasteiger partial charge < -0.3 is 5.11 Å². The molecule has 2 aromatic rings. The second-order valence-electron chi connectivity index (χ2n) is 2.86. The fraction of sp³-hybridized carbons (Fsp3) is 0.100. The van der Waals surface area contributed by atoms with Crippen LogP contribution in [0, 0.1) is 11.3 Å². The topological polar surface area (TPSA) is 44.0 Å². The number of fused-ring (bicyclic) bond motifs is 1. The number of aromatic hydroxyl groups is 1. The molecule has 1 N–H and O–H groups in total. The summed E-state index contributed by atoms with van der Waals surface area (Å²) in [5.41, 5.74) is 0.660. The molecule has 0 radical (unpaired) electrons. The Morgan fingerprint density at radius 2 is 2.29 bits per heavy atom. The maximum Gasteiger partial charge on any atom is 0.120 e. The second kappa shape index (κ2) is 3.49. The molecule has 0 unspecified atom stereocenters. The van der Waals surface area contributed by atoms with Crippen molar-refractivity contribution in [2.24, 2.45) is 0 Å². The summed E-state index contributed by atoms with van der Waals surface area (Å²) in [6.07, 6.45) is 0.205. The van der Waals surface area contributed by atoms with E-state index >= 15 is 0 Å². The number of nitrogens with zero attached hydrogens (tertiary/aromatic N) is 1. The lowest BCUT2D eigenvalue weighted by Crippen LogP contribution is -1.83. The molecule has 0 bridgehead atoms. The van der Waals surface area contributed by atoms with Gasteiger partial charge >= 0.3 is 0 Å². The number of nitriles is 1. The molecule has 0 saturated carbocycles. The first-order valence-corrected chi connectivity index (χ1v) is 5.18. The van der Waals surface area contributed by atoms with Crippen molar-refractivity contribution in [1.29, 1.82) is 5.26 Å². The van der Waals surface area contributed by atoms with Crippen LogP contribution in [0.5, 0.6) is 5.75 Å². The summed E-state index contributed by atoms with van der Waals surface area (Å²) in [4.78, 5) is 0. The predicted molar refractivity (Wildman–Crippen MR) is 57.8 cm³/mol. The Kier molecular flexibility index (Phi) is 2.32.